The molecule has 0 fully saturated rings. The van der Waals surface area contributed by atoms with Gasteiger partial charge in [0.05, 0.1) is 25.4 Å². The summed E-state index contributed by atoms with van der Waals surface area (Å²) in [5.74, 6) is -0.0156. The molecule has 0 aliphatic rings. The topological polar surface area (TPSA) is 95.9 Å². The molecule has 0 radical (unpaired) electrons. The van der Waals surface area contributed by atoms with E-state index in [-0.39, 0.29) is 18.5 Å². The summed E-state index contributed by atoms with van der Waals surface area (Å²) in [4.78, 5) is 24.6. The molecule has 0 aromatic heterocycles. The van der Waals surface area contributed by atoms with E-state index < -0.39 is 12.1 Å². The Hall–Kier alpha value is -1.66. The quantitative estimate of drug-likeness (QED) is 0.0320. The van der Waals surface area contributed by atoms with Crippen molar-refractivity contribution in [3.05, 3.63) is 24.3 Å². The first-order chi connectivity index (χ1) is 38.0. The molecule has 0 rings (SSSR count). The number of hydrogen-bond donors (Lipinski definition) is 3. The van der Waals surface area contributed by atoms with E-state index in [1.807, 2.05) is 0 Å². The molecule has 0 spiro atoms. The minimum absolute atomic E-state index is 0.0143. The fourth-order valence-electron chi connectivity index (χ4n) is 11.1. The van der Waals surface area contributed by atoms with Gasteiger partial charge in [-0.15, -0.1) is 0 Å². The molecule has 0 heterocycles. The van der Waals surface area contributed by atoms with Crippen molar-refractivity contribution in [1.29, 1.82) is 0 Å². The second-order valence-corrected chi connectivity index (χ2v) is 24.2. The van der Waals surface area contributed by atoms with Crippen LogP contribution in [0.25, 0.3) is 0 Å². The van der Waals surface area contributed by atoms with Gasteiger partial charge < -0.3 is 20.3 Å². The fraction of sp³-hybridized carbons (Fsp3) is 0.915. The molecule has 6 heteroatoms. The molecule has 0 bridgehead atoms. The lowest BCUT2D eigenvalue weighted by molar-refractivity contribution is -0.143. The highest BCUT2D eigenvalue weighted by Gasteiger charge is 2.20. The number of ether oxygens (including phenoxy) is 1. The van der Waals surface area contributed by atoms with Crippen LogP contribution in [0, 0.1) is 0 Å². The van der Waals surface area contributed by atoms with E-state index in [1.165, 1.54) is 308 Å². The smallest absolute Gasteiger partial charge is 0.305 e. The Kier molecular flexibility index (Phi) is 65.4. The van der Waals surface area contributed by atoms with E-state index in [0.29, 0.717) is 25.9 Å². The van der Waals surface area contributed by atoms with Gasteiger partial charge in [-0.1, -0.05) is 346 Å². The molecule has 77 heavy (non-hydrogen) atoms. The summed E-state index contributed by atoms with van der Waals surface area (Å²) in [6.07, 6.45) is 83.6. The highest BCUT2D eigenvalue weighted by Crippen LogP contribution is 2.19. The molecule has 0 aromatic carbocycles. The number of aliphatic hydroxyl groups is 2. The molecular weight excluding hydrogens is 947 g/mol. The molecule has 1 amide bonds. The van der Waals surface area contributed by atoms with Gasteiger partial charge in [-0.3, -0.25) is 9.59 Å². The highest BCUT2D eigenvalue weighted by atomic mass is 16.5. The third-order valence-corrected chi connectivity index (χ3v) is 16.5. The van der Waals surface area contributed by atoms with Crippen molar-refractivity contribution in [2.24, 2.45) is 0 Å². The zero-order valence-electron chi connectivity index (χ0n) is 52.2. The van der Waals surface area contributed by atoms with Crippen molar-refractivity contribution >= 4 is 11.9 Å². The molecule has 0 aliphatic heterocycles. The lowest BCUT2D eigenvalue weighted by Gasteiger charge is -2.22. The lowest BCUT2D eigenvalue weighted by Crippen LogP contribution is -2.45. The number of hydrogen-bond acceptors (Lipinski definition) is 5. The number of allylic oxidation sites excluding steroid dienone is 4. The third-order valence-electron chi connectivity index (χ3n) is 16.5. The van der Waals surface area contributed by atoms with Gasteiger partial charge in [-0.2, -0.15) is 0 Å². The van der Waals surface area contributed by atoms with Crippen molar-refractivity contribution in [2.45, 2.75) is 405 Å². The predicted octanol–water partition coefficient (Wildman–Crippen LogP) is 22.5. The Balaban J connectivity index is 3.33. The average Bonchev–Trinajstić information content (AvgIpc) is 3.43. The second kappa shape index (κ2) is 66.8. The van der Waals surface area contributed by atoms with Gasteiger partial charge >= 0.3 is 5.97 Å². The van der Waals surface area contributed by atoms with Gasteiger partial charge in [0.25, 0.3) is 0 Å². The van der Waals surface area contributed by atoms with Gasteiger partial charge in [0, 0.05) is 12.8 Å². The number of amides is 1. The Labute approximate surface area is 481 Å². The summed E-state index contributed by atoms with van der Waals surface area (Å²) >= 11 is 0. The molecule has 2 unspecified atom stereocenters. The van der Waals surface area contributed by atoms with E-state index in [4.69, 9.17) is 4.74 Å². The zero-order valence-corrected chi connectivity index (χ0v) is 52.2. The van der Waals surface area contributed by atoms with Crippen molar-refractivity contribution in [3.63, 3.8) is 0 Å². The van der Waals surface area contributed by atoms with Gasteiger partial charge in [0.2, 0.25) is 5.91 Å². The first kappa shape index (κ1) is 75.3. The zero-order chi connectivity index (χ0) is 55.7. The fourth-order valence-corrected chi connectivity index (χ4v) is 11.1. The highest BCUT2D eigenvalue weighted by molar-refractivity contribution is 5.76. The van der Waals surface area contributed by atoms with Crippen LogP contribution in [0.3, 0.4) is 0 Å². The van der Waals surface area contributed by atoms with Crippen molar-refractivity contribution in [2.75, 3.05) is 13.2 Å². The first-order valence-electron chi connectivity index (χ1n) is 35.1. The summed E-state index contributed by atoms with van der Waals surface area (Å²) in [5, 5.41) is 23.3. The molecule has 6 nitrogen and oxygen atoms in total. The minimum Gasteiger partial charge on any atom is -0.466 e. The van der Waals surface area contributed by atoms with Crippen LogP contribution in [0.5, 0.6) is 0 Å². The largest absolute Gasteiger partial charge is 0.466 e. The van der Waals surface area contributed by atoms with Crippen LogP contribution in [0.1, 0.15) is 393 Å². The molecule has 0 saturated heterocycles. The molecular formula is C71H137NO5. The second-order valence-electron chi connectivity index (χ2n) is 24.2. The third kappa shape index (κ3) is 63.4. The van der Waals surface area contributed by atoms with Crippen molar-refractivity contribution in [3.8, 4) is 0 Å². The van der Waals surface area contributed by atoms with Crippen LogP contribution < -0.4 is 5.32 Å². The van der Waals surface area contributed by atoms with E-state index in [0.717, 1.165) is 51.4 Å². The van der Waals surface area contributed by atoms with Crippen LogP contribution in [0.2, 0.25) is 0 Å². The van der Waals surface area contributed by atoms with Gasteiger partial charge in [0.1, 0.15) is 0 Å². The Morgan fingerprint density at radius 2 is 0.649 bits per heavy atom. The van der Waals surface area contributed by atoms with Crippen LogP contribution in [-0.4, -0.2) is 47.4 Å². The average molecular weight is 1080 g/mol. The number of aliphatic hydroxyl groups excluding tert-OH is 2. The monoisotopic (exact) mass is 1080 g/mol. The number of carbonyl (C=O) groups is 2. The Morgan fingerprint density at radius 1 is 0.364 bits per heavy atom. The van der Waals surface area contributed by atoms with Crippen LogP contribution in [-0.2, 0) is 14.3 Å². The van der Waals surface area contributed by atoms with Crippen LogP contribution >= 0.6 is 0 Å². The Bertz CT molecular complexity index is 1200. The summed E-state index contributed by atoms with van der Waals surface area (Å²) in [7, 11) is 0. The Morgan fingerprint density at radius 3 is 1.01 bits per heavy atom. The van der Waals surface area contributed by atoms with E-state index in [1.54, 1.807) is 0 Å². The normalized spacial score (nSPS) is 12.6. The maximum Gasteiger partial charge on any atom is 0.305 e. The minimum atomic E-state index is -0.662. The first-order valence-corrected chi connectivity index (χ1v) is 35.1. The molecule has 456 valence electrons. The maximum atomic E-state index is 12.5. The lowest BCUT2D eigenvalue weighted by atomic mass is 10.0. The number of unbranched alkanes of at least 4 members (excludes halogenated alkanes) is 51. The van der Waals surface area contributed by atoms with Gasteiger partial charge in [-0.05, 0) is 57.8 Å². The standard InChI is InChI=1S/C71H137NO5/c1-3-5-7-9-11-13-15-17-19-20-29-33-37-41-45-49-53-57-61-65-71(76)77-66-62-58-54-50-46-42-38-34-31-28-26-24-22-21-23-25-27-30-32-36-40-44-48-52-56-60-64-70(75)72-68(67-73)69(74)63-59-55-51-47-43-39-35-18-16-14-12-10-8-6-4-2/h11,13,17,19,68-69,73-74H,3-10,12,14-16,18,20-67H2,1-2H3,(H,72,75)/b13-11-,19-17-. The summed E-state index contributed by atoms with van der Waals surface area (Å²) in [6, 6.07) is -0.539. The van der Waals surface area contributed by atoms with Crippen LogP contribution in [0.15, 0.2) is 24.3 Å². The molecule has 3 N–H and O–H groups in total. The van der Waals surface area contributed by atoms with Gasteiger partial charge in [-0.25, -0.2) is 0 Å². The molecule has 0 saturated carbocycles. The SMILES string of the molecule is CCCCC/C=C\C/C=C\CCCCCCCCCCCC(=O)OCCCCCCCCCCCCCCCCCCCCCCCCCCCCC(=O)NC(CO)C(O)CCCCCCCCCCCCCCCCC. The van der Waals surface area contributed by atoms with Crippen molar-refractivity contribution < 1.29 is 24.5 Å². The van der Waals surface area contributed by atoms with E-state index >= 15 is 0 Å². The number of carbonyl (C=O) groups excluding carboxylic acids is 2. The molecule has 0 aromatic rings. The number of nitrogens with one attached hydrogen (secondary N) is 1. The van der Waals surface area contributed by atoms with E-state index in [9.17, 15) is 19.8 Å². The van der Waals surface area contributed by atoms with E-state index in [2.05, 4.69) is 43.5 Å². The molecule has 2 atom stereocenters. The maximum absolute atomic E-state index is 12.5. The summed E-state index contributed by atoms with van der Waals surface area (Å²) in [5.41, 5.74) is 0. The van der Waals surface area contributed by atoms with Crippen molar-refractivity contribution in [1.82, 2.24) is 5.32 Å². The number of rotatable bonds is 66. The number of esters is 1. The molecule has 0 aliphatic carbocycles. The van der Waals surface area contributed by atoms with Crippen LogP contribution in [0.4, 0.5) is 0 Å². The van der Waals surface area contributed by atoms with Gasteiger partial charge in [0.15, 0.2) is 0 Å². The summed E-state index contributed by atoms with van der Waals surface area (Å²) in [6.45, 7) is 4.96. The summed E-state index contributed by atoms with van der Waals surface area (Å²) < 4.78 is 5.51. The predicted molar refractivity (Wildman–Crippen MR) is 338 cm³/mol.